The average molecular weight is 397 g/mol. The number of ether oxygens (including phenoxy) is 1. The molecule has 1 aromatic carbocycles. The molecule has 0 bridgehead atoms. The normalized spacial score (nSPS) is 17.6. The Kier molecular flexibility index (Phi) is 6.21. The summed E-state index contributed by atoms with van der Waals surface area (Å²) >= 11 is 0. The highest BCUT2D eigenvalue weighted by molar-refractivity contribution is 5.94. The second kappa shape index (κ2) is 8.62. The van der Waals surface area contributed by atoms with Crippen LogP contribution in [-0.2, 0) is 6.18 Å². The minimum atomic E-state index is -4.67. The van der Waals surface area contributed by atoms with Crippen LogP contribution in [0, 0.1) is 0 Å². The van der Waals surface area contributed by atoms with Crippen molar-refractivity contribution >= 4 is 5.91 Å². The van der Waals surface area contributed by atoms with Crippen molar-refractivity contribution in [3.05, 3.63) is 41.6 Å². The summed E-state index contributed by atoms with van der Waals surface area (Å²) in [5, 5.41) is 6.60. The van der Waals surface area contributed by atoms with E-state index in [2.05, 4.69) is 17.1 Å². The molecule has 0 radical (unpaired) electrons. The molecule has 6 nitrogen and oxygen atoms in total. The number of likely N-dealkylation sites (tertiary alicyclic amines) is 1. The van der Waals surface area contributed by atoms with Crippen molar-refractivity contribution in [3.63, 3.8) is 0 Å². The van der Waals surface area contributed by atoms with E-state index in [0.717, 1.165) is 12.8 Å². The van der Waals surface area contributed by atoms with Crippen molar-refractivity contribution in [3.8, 4) is 5.75 Å². The molecule has 9 heteroatoms. The molecule has 152 valence electrons. The second-order valence-corrected chi connectivity index (χ2v) is 6.76. The Morgan fingerprint density at radius 3 is 2.68 bits per heavy atom. The third-order valence-electron chi connectivity index (χ3n) is 4.61. The molecule has 1 aromatic heterocycles. The number of rotatable bonds is 6. The van der Waals surface area contributed by atoms with E-state index in [4.69, 9.17) is 9.15 Å². The van der Waals surface area contributed by atoms with E-state index in [-0.39, 0.29) is 18.3 Å². The van der Waals surface area contributed by atoms with E-state index in [1.807, 2.05) is 0 Å². The van der Waals surface area contributed by atoms with Gasteiger partial charge in [0, 0.05) is 18.7 Å². The average Bonchev–Trinajstić information content (AvgIpc) is 3.19. The Morgan fingerprint density at radius 2 is 2.04 bits per heavy atom. The number of carbonyl (C=O) groups is 1. The molecule has 2 heterocycles. The molecule has 1 fully saturated rings. The molecule has 0 aliphatic carbocycles. The third kappa shape index (κ3) is 4.82. The number of unbranched alkanes of at least 4 members (excludes halogenated alkanes) is 1. The Morgan fingerprint density at radius 1 is 1.29 bits per heavy atom. The van der Waals surface area contributed by atoms with Crippen LogP contribution in [0.25, 0.3) is 0 Å². The van der Waals surface area contributed by atoms with E-state index in [9.17, 15) is 18.0 Å². The molecule has 0 N–H and O–H groups in total. The van der Waals surface area contributed by atoms with Crippen LogP contribution in [0.1, 0.15) is 60.7 Å². The molecular formula is C19H22F3N3O3. The van der Waals surface area contributed by atoms with Gasteiger partial charge in [0.05, 0.1) is 12.5 Å². The fourth-order valence-corrected chi connectivity index (χ4v) is 3.09. The predicted molar refractivity (Wildman–Crippen MR) is 94.0 cm³/mol. The zero-order chi connectivity index (χ0) is 20.1. The molecule has 3 rings (SSSR count). The summed E-state index contributed by atoms with van der Waals surface area (Å²) in [7, 11) is 0. The van der Waals surface area contributed by atoms with Gasteiger partial charge in [0.1, 0.15) is 5.75 Å². The van der Waals surface area contributed by atoms with Crippen LogP contribution in [0.4, 0.5) is 13.2 Å². The number of nitrogens with zero attached hydrogens (tertiary/aromatic N) is 3. The summed E-state index contributed by atoms with van der Waals surface area (Å²) in [6.45, 7) is 3.48. The highest BCUT2D eigenvalue weighted by Crippen LogP contribution is 2.32. The number of hydrogen-bond acceptors (Lipinski definition) is 5. The van der Waals surface area contributed by atoms with E-state index in [0.29, 0.717) is 37.3 Å². The fraction of sp³-hybridized carbons (Fsp3) is 0.526. The maximum absolute atomic E-state index is 12.8. The Hall–Kier alpha value is -2.58. The van der Waals surface area contributed by atoms with Crippen molar-refractivity contribution in [2.24, 2.45) is 0 Å². The molecule has 1 aliphatic rings. The molecule has 0 saturated carbocycles. The zero-order valence-electron chi connectivity index (χ0n) is 15.5. The molecule has 28 heavy (non-hydrogen) atoms. The van der Waals surface area contributed by atoms with Crippen molar-refractivity contribution in [1.29, 1.82) is 0 Å². The summed E-state index contributed by atoms with van der Waals surface area (Å²) in [4.78, 5) is 14.4. The number of amides is 1. The number of alkyl halides is 3. The Balaban J connectivity index is 1.63. The molecule has 0 spiro atoms. The monoisotopic (exact) mass is 397 g/mol. The van der Waals surface area contributed by atoms with Crippen molar-refractivity contribution in [1.82, 2.24) is 15.1 Å². The minimum Gasteiger partial charge on any atom is -0.494 e. The number of halogens is 3. The summed E-state index contributed by atoms with van der Waals surface area (Å²) < 4.78 is 48.3. The van der Waals surface area contributed by atoms with Gasteiger partial charge in [-0.05, 0) is 43.5 Å². The highest BCUT2D eigenvalue weighted by Gasteiger charge is 2.39. The largest absolute Gasteiger partial charge is 0.494 e. The standard InChI is InChI=1S/C19H22F3N3O3/c1-2-3-11-27-15-8-6-13(7-9-15)17(26)25-10-4-5-14(12-25)16-23-24-18(28-16)19(20,21)22/h6-9,14H,2-5,10-12H2,1H3. The first-order chi connectivity index (χ1) is 13.4. The zero-order valence-corrected chi connectivity index (χ0v) is 15.5. The van der Waals surface area contributed by atoms with Gasteiger partial charge in [-0.1, -0.05) is 13.3 Å². The summed E-state index contributed by atoms with van der Waals surface area (Å²) in [5.74, 6) is -1.32. The first kappa shape index (κ1) is 20.2. The van der Waals surface area contributed by atoms with E-state index >= 15 is 0 Å². The van der Waals surface area contributed by atoms with Gasteiger partial charge in [0.15, 0.2) is 0 Å². The molecule has 1 amide bonds. The molecule has 1 unspecified atom stereocenters. The van der Waals surface area contributed by atoms with Gasteiger partial charge in [-0.3, -0.25) is 4.79 Å². The van der Waals surface area contributed by atoms with Crippen LogP contribution >= 0.6 is 0 Å². The molecule has 1 atom stereocenters. The maximum Gasteiger partial charge on any atom is 0.470 e. The van der Waals surface area contributed by atoms with Gasteiger partial charge in [0.2, 0.25) is 5.89 Å². The van der Waals surface area contributed by atoms with E-state index in [1.165, 1.54) is 0 Å². The lowest BCUT2D eigenvalue weighted by molar-refractivity contribution is -0.157. The molecule has 1 saturated heterocycles. The molecule has 2 aromatic rings. The summed E-state index contributed by atoms with van der Waals surface area (Å²) in [6, 6.07) is 6.89. The Labute approximate surface area is 160 Å². The van der Waals surface area contributed by atoms with Gasteiger partial charge in [-0.25, -0.2) is 0 Å². The smallest absolute Gasteiger partial charge is 0.470 e. The van der Waals surface area contributed by atoms with Crippen LogP contribution in [0.15, 0.2) is 28.7 Å². The SMILES string of the molecule is CCCCOc1ccc(C(=O)N2CCCC(c3nnc(C(F)(F)F)o3)C2)cc1. The van der Waals surface area contributed by atoms with Crippen molar-refractivity contribution in [2.75, 3.05) is 19.7 Å². The number of piperidine rings is 1. The van der Waals surface area contributed by atoms with Crippen molar-refractivity contribution in [2.45, 2.75) is 44.7 Å². The number of carbonyl (C=O) groups excluding carboxylic acids is 1. The van der Waals surface area contributed by atoms with E-state index in [1.54, 1.807) is 29.2 Å². The summed E-state index contributed by atoms with van der Waals surface area (Å²) in [5.41, 5.74) is 0.505. The maximum atomic E-state index is 12.8. The third-order valence-corrected chi connectivity index (χ3v) is 4.61. The lowest BCUT2D eigenvalue weighted by atomic mass is 9.97. The summed E-state index contributed by atoms with van der Waals surface area (Å²) in [6.07, 6.45) is -1.43. The minimum absolute atomic E-state index is 0.0792. The van der Waals surface area contributed by atoms with Crippen LogP contribution in [0.2, 0.25) is 0 Å². The van der Waals surface area contributed by atoms with Crippen LogP contribution in [0.5, 0.6) is 5.75 Å². The van der Waals surface area contributed by atoms with Crippen LogP contribution in [-0.4, -0.2) is 40.7 Å². The lowest BCUT2D eigenvalue weighted by Gasteiger charge is -2.31. The van der Waals surface area contributed by atoms with Crippen LogP contribution < -0.4 is 4.74 Å². The molecule has 1 aliphatic heterocycles. The lowest BCUT2D eigenvalue weighted by Crippen LogP contribution is -2.39. The highest BCUT2D eigenvalue weighted by atomic mass is 19.4. The number of benzene rings is 1. The second-order valence-electron chi connectivity index (χ2n) is 6.76. The van der Waals surface area contributed by atoms with Gasteiger partial charge < -0.3 is 14.1 Å². The van der Waals surface area contributed by atoms with Crippen LogP contribution in [0.3, 0.4) is 0 Å². The van der Waals surface area contributed by atoms with Gasteiger partial charge in [0.25, 0.3) is 5.91 Å². The van der Waals surface area contributed by atoms with Crippen molar-refractivity contribution < 1.29 is 27.1 Å². The predicted octanol–water partition coefficient (Wildman–Crippen LogP) is 4.29. The van der Waals surface area contributed by atoms with Gasteiger partial charge in [-0.15, -0.1) is 10.2 Å². The quantitative estimate of drug-likeness (QED) is 0.681. The molecular weight excluding hydrogens is 375 g/mol. The van der Waals surface area contributed by atoms with E-state index < -0.39 is 18.0 Å². The number of hydrogen-bond donors (Lipinski definition) is 0. The van der Waals surface area contributed by atoms with Gasteiger partial charge >= 0.3 is 12.1 Å². The van der Waals surface area contributed by atoms with Gasteiger partial charge in [-0.2, -0.15) is 13.2 Å². The fourth-order valence-electron chi connectivity index (χ4n) is 3.09. The first-order valence-electron chi connectivity index (χ1n) is 9.31. The Bertz CT molecular complexity index is 790. The topological polar surface area (TPSA) is 68.5 Å². The number of aromatic nitrogens is 2. The first-order valence-corrected chi connectivity index (χ1v) is 9.31.